The smallest absolute Gasteiger partial charge is 0.315 e. The quantitative estimate of drug-likeness (QED) is 0.679. The van der Waals surface area contributed by atoms with Gasteiger partial charge in [-0.2, -0.15) is 0 Å². The Morgan fingerprint density at radius 2 is 2.05 bits per heavy atom. The van der Waals surface area contributed by atoms with E-state index in [2.05, 4.69) is 10.3 Å². The standard InChI is InChI=1S/C14H14N2O3S/c1-2-19-13(18)8-12(17)16-14-15-11(9-20-14)10-6-4-3-5-7-10/h3-7,9H,2,8H2,1H3,(H,15,16,17). The summed E-state index contributed by atoms with van der Waals surface area (Å²) >= 11 is 1.32. The summed E-state index contributed by atoms with van der Waals surface area (Å²) in [5, 5.41) is 4.92. The molecule has 0 aliphatic rings. The molecule has 20 heavy (non-hydrogen) atoms. The highest BCUT2D eigenvalue weighted by Crippen LogP contribution is 2.24. The number of ether oxygens (including phenoxy) is 1. The number of carbonyl (C=O) groups excluding carboxylic acids is 2. The first-order valence-corrected chi connectivity index (χ1v) is 7.03. The van der Waals surface area contributed by atoms with Crippen molar-refractivity contribution in [3.63, 3.8) is 0 Å². The Bertz CT molecular complexity index is 595. The van der Waals surface area contributed by atoms with E-state index < -0.39 is 11.9 Å². The van der Waals surface area contributed by atoms with Crippen LogP contribution in [0.3, 0.4) is 0 Å². The lowest BCUT2D eigenvalue weighted by Crippen LogP contribution is -2.18. The summed E-state index contributed by atoms with van der Waals surface area (Å²) in [5.41, 5.74) is 1.77. The monoisotopic (exact) mass is 290 g/mol. The van der Waals surface area contributed by atoms with Crippen molar-refractivity contribution in [3.8, 4) is 11.3 Å². The van der Waals surface area contributed by atoms with Gasteiger partial charge in [-0.15, -0.1) is 11.3 Å². The third-order valence-electron chi connectivity index (χ3n) is 2.43. The number of rotatable bonds is 5. The molecule has 0 radical (unpaired) electrons. The maximum Gasteiger partial charge on any atom is 0.315 e. The summed E-state index contributed by atoms with van der Waals surface area (Å²) < 4.78 is 4.71. The van der Waals surface area contributed by atoms with Crippen LogP contribution in [0.1, 0.15) is 13.3 Å². The maximum atomic E-state index is 11.6. The number of hydrogen-bond acceptors (Lipinski definition) is 5. The van der Waals surface area contributed by atoms with E-state index in [9.17, 15) is 9.59 Å². The molecule has 2 rings (SSSR count). The second-order valence-electron chi connectivity index (χ2n) is 3.93. The predicted octanol–water partition coefficient (Wildman–Crippen LogP) is 2.70. The van der Waals surface area contributed by atoms with Gasteiger partial charge in [-0.3, -0.25) is 9.59 Å². The highest BCUT2D eigenvalue weighted by Gasteiger charge is 2.12. The van der Waals surface area contributed by atoms with E-state index in [1.165, 1.54) is 11.3 Å². The van der Waals surface area contributed by atoms with Gasteiger partial charge < -0.3 is 10.1 Å². The van der Waals surface area contributed by atoms with Crippen LogP contribution in [0.2, 0.25) is 0 Å². The lowest BCUT2D eigenvalue weighted by Gasteiger charge is -2.01. The average molecular weight is 290 g/mol. The molecule has 0 unspecified atom stereocenters. The molecule has 1 heterocycles. The number of benzene rings is 1. The number of anilines is 1. The number of thiazole rings is 1. The normalized spacial score (nSPS) is 10.1. The molecular formula is C14H14N2O3S. The van der Waals surface area contributed by atoms with E-state index in [1.54, 1.807) is 6.92 Å². The van der Waals surface area contributed by atoms with E-state index in [-0.39, 0.29) is 13.0 Å². The molecule has 0 aliphatic heterocycles. The summed E-state index contributed by atoms with van der Waals surface area (Å²) in [6, 6.07) is 9.66. The highest BCUT2D eigenvalue weighted by atomic mass is 32.1. The topological polar surface area (TPSA) is 68.3 Å². The van der Waals surface area contributed by atoms with Gasteiger partial charge in [0.2, 0.25) is 5.91 Å². The summed E-state index contributed by atoms with van der Waals surface area (Å²) in [4.78, 5) is 27.1. The Morgan fingerprint density at radius 1 is 1.30 bits per heavy atom. The van der Waals surface area contributed by atoms with Crippen LogP contribution in [-0.2, 0) is 14.3 Å². The van der Waals surface area contributed by atoms with E-state index in [1.807, 2.05) is 35.7 Å². The number of nitrogens with zero attached hydrogens (tertiary/aromatic N) is 1. The first-order valence-electron chi connectivity index (χ1n) is 6.15. The van der Waals surface area contributed by atoms with Crippen molar-refractivity contribution in [1.82, 2.24) is 4.98 Å². The number of amides is 1. The van der Waals surface area contributed by atoms with Crippen molar-refractivity contribution in [2.45, 2.75) is 13.3 Å². The molecule has 0 saturated carbocycles. The molecule has 104 valence electrons. The minimum Gasteiger partial charge on any atom is -0.466 e. The molecule has 1 amide bonds. The Labute approximate surface area is 120 Å². The molecule has 0 aliphatic carbocycles. The fraction of sp³-hybridized carbons (Fsp3) is 0.214. The van der Waals surface area contributed by atoms with Gasteiger partial charge in [-0.05, 0) is 6.92 Å². The van der Waals surface area contributed by atoms with Gasteiger partial charge in [0.05, 0.1) is 12.3 Å². The zero-order valence-corrected chi connectivity index (χ0v) is 11.8. The fourth-order valence-corrected chi connectivity index (χ4v) is 2.32. The second kappa shape index (κ2) is 6.81. The molecule has 0 saturated heterocycles. The largest absolute Gasteiger partial charge is 0.466 e. The van der Waals surface area contributed by atoms with Crippen molar-refractivity contribution in [1.29, 1.82) is 0 Å². The Kier molecular flexibility index (Phi) is 4.84. The van der Waals surface area contributed by atoms with Gasteiger partial charge >= 0.3 is 5.97 Å². The van der Waals surface area contributed by atoms with Gasteiger partial charge in [-0.25, -0.2) is 4.98 Å². The van der Waals surface area contributed by atoms with Crippen LogP contribution in [0.15, 0.2) is 35.7 Å². The minimum absolute atomic E-state index is 0.265. The summed E-state index contributed by atoms with van der Waals surface area (Å²) in [5.74, 6) is -0.956. The van der Waals surface area contributed by atoms with E-state index in [4.69, 9.17) is 4.74 Å². The van der Waals surface area contributed by atoms with Gasteiger partial charge in [0.25, 0.3) is 0 Å². The van der Waals surface area contributed by atoms with Crippen LogP contribution >= 0.6 is 11.3 Å². The van der Waals surface area contributed by atoms with Crippen LogP contribution in [0.25, 0.3) is 11.3 Å². The summed E-state index contributed by atoms with van der Waals surface area (Å²) in [6.45, 7) is 1.96. The van der Waals surface area contributed by atoms with Gasteiger partial charge in [-0.1, -0.05) is 30.3 Å². The molecule has 0 atom stereocenters. The van der Waals surface area contributed by atoms with Crippen molar-refractivity contribution in [2.24, 2.45) is 0 Å². The first-order chi connectivity index (χ1) is 9.69. The van der Waals surface area contributed by atoms with Crippen molar-refractivity contribution < 1.29 is 14.3 Å². The predicted molar refractivity (Wildman–Crippen MR) is 77.4 cm³/mol. The zero-order chi connectivity index (χ0) is 14.4. The fourth-order valence-electron chi connectivity index (χ4n) is 1.58. The average Bonchev–Trinajstić information content (AvgIpc) is 2.88. The second-order valence-corrected chi connectivity index (χ2v) is 4.79. The molecule has 0 bridgehead atoms. The number of esters is 1. The van der Waals surface area contributed by atoms with Gasteiger partial charge in [0, 0.05) is 10.9 Å². The zero-order valence-electron chi connectivity index (χ0n) is 11.0. The molecule has 2 aromatic rings. The molecule has 5 nitrogen and oxygen atoms in total. The SMILES string of the molecule is CCOC(=O)CC(=O)Nc1nc(-c2ccccc2)cs1. The maximum absolute atomic E-state index is 11.6. The molecular weight excluding hydrogens is 276 g/mol. The number of nitrogens with one attached hydrogen (secondary N) is 1. The Morgan fingerprint density at radius 3 is 2.75 bits per heavy atom. The Balaban J connectivity index is 1.96. The van der Waals surface area contributed by atoms with Crippen LogP contribution in [0, 0.1) is 0 Å². The molecule has 6 heteroatoms. The van der Waals surface area contributed by atoms with Crippen molar-refractivity contribution in [2.75, 3.05) is 11.9 Å². The third kappa shape index (κ3) is 3.89. The summed E-state index contributed by atoms with van der Waals surface area (Å²) in [7, 11) is 0. The molecule has 1 N–H and O–H groups in total. The first kappa shape index (κ1) is 14.2. The highest BCUT2D eigenvalue weighted by molar-refractivity contribution is 7.14. The third-order valence-corrected chi connectivity index (χ3v) is 3.19. The lowest BCUT2D eigenvalue weighted by atomic mass is 10.2. The minimum atomic E-state index is -0.537. The van der Waals surface area contributed by atoms with Crippen LogP contribution in [0.4, 0.5) is 5.13 Å². The van der Waals surface area contributed by atoms with Gasteiger partial charge in [0.1, 0.15) is 6.42 Å². The number of carbonyl (C=O) groups is 2. The lowest BCUT2D eigenvalue weighted by molar-refractivity contribution is -0.145. The van der Waals surface area contributed by atoms with Crippen LogP contribution < -0.4 is 5.32 Å². The van der Waals surface area contributed by atoms with Crippen molar-refractivity contribution >= 4 is 28.3 Å². The molecule has 1 aromatic heterocycles. The summed E-state index contributed by atoms with van der Waals surface area (Å²) in [6.07, 6.45) is -0.298. The van der Waals surface area contributed by atoms with E-state index >= 15 is 0 Å². The molecule has 1 aromatic carbocycles. The van der Waals surface area contributed by atoms with E-state index in [0.29, 0.717) is 5.13 Å². The number of aromatic nitrogens is 1. The van der Waals surface area contributed by atoms with Gasteiger partial charge in [0.15, 0.2) is 5.13 Å². The number of hydrogen-bond donors (Lipinski definition) is 1. The molecule has 0 fully saturated rings. The van der Waals surface area contributed by atoms with E-state index in [0.717, 1.165) is 11.3 Å². The Hall–Kier alpha value is -2.21. The van der Waals surface area contributed by atoms with Crippen LogP contribution in [0.5, 0.6) is 0 Å². The van der Waals surface area contributed by atoms with Crippen molar-refractivity contribution in [3.05, 3.63) is 35.7 Å². The van der Waals surface area contributed by atoms with Crippen LogP contribution in [-0.4, -0.2) is 23.5 Å². The molecule has 0 spiro atoms.